The van der Waals surface area contributed by atoms with Crippen LogP contribution in [0.5, 0.6) is 11.5 Å². The number of benzene rings is 6. The molecule has 5 heteroatoms. The second-order valence-corrected chi connectivity index (χ2v) is 13.4. The largest absolute Gasteiger partial charge is 0.530 e. The zero-order chi connectivity index (χ0) is 28.5. The van der Waals surface area contributed by atoms with Crippen molar-refractivity contribution in [2.24, 2.45) is 0 Å². The third-order valence-corrected chi connectivity index (χ3v) is 9.41. The molecular formula is C36H28ClO3P. The van der Waals surface area contributed by atoms with Gasteiger partial charge in [-0.3, -0.25) is 0 Å². The summed E-state index contributed by atoms with van der Waals surface area (Å²) in [5.41, 5.74) is 11.4. The second-order valence-electron chi connectivity index (χ2n) is 10.9. The fourth-order valence-corrected chi connectivity index (χ4v) is 7.65. The highest BCUT2D eigenvalue weighted by Gasteiger charge is 2.33. The average Bonchev–Trinajstić information content (AvgIpc) is 3.05. The summed E-state index contributed by atoms with van der Waals surface area (Å²) in [7, 11) is 0. The molecule has 0 saturated carbocycles. The van der Waals surface area contributed by atoms with E-state index >= 15 is 0 Å². The molecular weight excluding hydrogens is 547 g/mol. The fraction of sp³-hybridized carbons (Fsp3) is 0.111. The molecule has 7 rings (SSSR count). The number of halogens is 1. The molecule has 0 unspecified atom stereocenters. The van der Waals surface area contributed by atoms with Crippen molar-refractivity contribution >= 4 is 39.7 Å². The topological polar surface area (TPSA) is 35.5 Å². The predicted octanol–water partition coefficient (Wildman–Crippen LogP) is 11.3. The SMILES string of the molecule is Cc1cccc(C)c1-c1ccc2c3c(ccc2c1)OP(=O)(Cl)Oc1ccc2cc(-c4c(C)cccc4C)ccc2c1-3. The first kappa shape index (κ1) is 25.9. The molecule has 6 aromatic rings. The maximum absolute atomic E-state index is 13.2. The zero-order valence-electron chi connectivity index (χ0n) is 23.3. The van der Waals surface area contributed by atoms with Gasteiger partial charge in [0.05, 0.1) is 0 Å². The van der Waals surface area contributed by atoms with Crippen molar-refractivity contribution < 1.29 is 13.6 Å². The van der Waals surface area contributed by atoms with Gasteiger partial charge < -0.3 is 9.05 Å². The summed E-state index contributed by atoms with van der Waals surface area (Å²) in [5, 5.41) is 4.06. The van der Waals surface area contributed by atoms with Crippen LogP contribution in [0.2, 0.25) is 0 Å². The first-order chi connectivity index (χ1) is 19.7. The molecule has 0 fully saturated rings. The molecule has 0 N–H and O–H groups in total. The Labute approximate surface area is 244 Å². The molecule has 1 aliphatic heterocycles. The van der Waals surface area contributed by atoms with Gasteiger partial charge in [-0.25, -0.2) is 4.57 Å². The highest BCUT2D eigenvalue weighted by atomic mass is 35.7. The van der Waals surface area contributed by atoms with Gasteiger partial charge in [0.15, 0.2) is 0 Å². The molecule has 0 amide bonds. The van der Waals surface area contributed by atoms with E-state index in [1.54, 1.807) is 0 Å². The van der Waals surface area contributed by atoms with Crippen molar-refractivity contribution in [3.8, 4) is 44.9 Å². The monoisotopic (exact) mass is 574 g/mol. The summed E-state index contributed by atoms with van der Waals surface area (Å²) >= 11 is 6.33. The van der Waals surface area contributed by atoms with Crippen LogP contribution in [-0.2, 0) is 4.57 Å². The van der Waals surface area contributed by atoms with E-state index in [0.717, 1.165) is 43.8 Å². The molecule has 6 aromatic carbocycles. The summed E-state index contributed by atoms with van der Waals surface area (Å²) in [4.78, 5) is 0. The number of rotatable bonds is 2. The smallest absolute Gasteiger partial charge is 0.404 e. The van der Waals surface area contributed by atoms with Gasteiger partial charge in [-0.15, -0.1) is 0 Å². The summed E-state index contributed by atoms with van der Waals surface area (Å²) in [6.07, 6.45) is 0. The summed E-state index contributed by atoms with van der Waals surface area (Å²) in [6.45, 7) is 4.64. The van der Waals surface area contributed by atoms with Gasteiger partial charge in [-0.2, -0.15) is 0 Å². The Morgan fingerprint density at radius 2 is 0.902 bits per heavy atom. The van der Waals surface area contributed by atoms with E-state index in [-0.39, 0.29) is 0 Å². The van der Waals surface area contributed by atoms with Crippen LogP contribution in [0.15, 0.2) is 97.1 Å². The van der Waals surface area contributed by atoms with Gasteiger partial charge in [-0.1, -0.05) is 72.8 Å². The Bertz CT molecular complexity index is 1910. The Kier molecular flexibility index (Phi) is 6.01. The fourth-order valence-electron chi connectivity index (χ4n) is 6.39. The average molecular weight is 575 g/mol. The summed E-state index contributed by atoms with van der Waals surface area (Å²) in [6, 6.07) is 33.4. The van der Waals surface area contributed by atoms with E-state index in [1.807, 2.05) is 24.3 Å². The Hall–Kier alpha value is -4.04. The van der Waals surface area contributed by atoms with Crippen LogP contribution in [0.25, 0.3) is 54.9 Å². The van der Waals surface area contributed by atoms with E-state index in [0.29, 0.717) is 11.5 Å². The van der Waals surface area contributed by atoms with Crippen LogP contribution >= 0.6 is 18.2 Å². The third kappa shape index (κ3) is 4.32. The van der Waals surface area contributed by atoms with Crippen LogP contribution < -0.4 is 9.05 Å². The van der Waals surface area contributed by atoms with E-state index < -0.39 is 6.95 Å². The minimum Gasteiger partial charge on any atom is -0.404 e. The molecule has 0 saturated heterocycles. The maximum Gasteiger partial charge on any atom is 0.530 e. The van der Waals surface area contributed by atoms with Gasteiger partial charge in [0.1, 0.15) is 11.5 Å². The summed E-state index contributed by atoms with van der Waals surface area (Å²) in [5.74, 6) is 0.890. The molecule has 41 heavy (non-hydrogen) atoms. The Morgan fingerprint density at radius 1 is 0.512 bits per heavy atom. The van der Waals surface area contributed by atoms with Crippen molar-refractivity contribution in [1.82, 2.24) is 0 Å². The van der Waals surface area contributed by atoms with Gasteiger partial charge in [-0.05, 0) is 118 Å². The van der Waals surface area contributed by atoms with Crippen LogP contribution in [0.1, 0.15) is 22.3 Å². The first-order valence-electron chi connectivity index (χ1n) is 13.7. The second kappa shape index (κ2) is 9.52. The first-order valence-corrected chi connectivity index (χ1v) is 16.1. The van der Waals surface area contributed by atoms with Crippen molar-refractivity contribution in [3.05, 3.63) is 119 Å². The number of aryl methyl sites for hydroxylation is 4. The van der Waals surface area contributed by atoms with Gasteiger partial charge in [0, 0.05) is 22.4 Å². The van der Waals surface area contributed by atoms with Crippen LogP contribution in [0.3, 0.4) is 0 Å². The van der Waals surface area contributed by atoms with Crippen LogP contribution in [0, 0.1) is 27.7 Å². The van der Waals surface area contributed by atoms with Crippen LogP contribution in [-0.4, -0.2) is 0 Å². The molecule has 0 atom stereocenters. The molecule has 1 aliphatic rings. The minimum atomic E-state index is -3.92. The molecule has 0 spiro atoms. The molecule has 3 nitrogen and oxygen atoms in total. The third-order valence-electron chi connectivity index (χ3n) is 8.17. The van der Waals surface area contributed by atoms with E-state index in [1.165, 1.54) is 33.4 Å². The summed E-state index contributed by atoms with van der Waals surface area (Å²) < 4.78 is 24.9. The van der Waals surface area contributed by atoms with Gasteiger partial charge >= 0.3 is 6.95 Å². The van der Waals surface area contributed by atoms with E-state index in [4.69, 9.17) is 20.3 Å². The van der Waals surface area contributed by atoms with Crippen molar-refractivity contribution in [2.75, 3.05) is 0 Å². The van der Waals surface area contributed by atoms with E-state index in [2.05, 4.69) is 100 Å². The molecule has 202 valence electrons. The van der Waals surface area contributed by atoms with Crippen molar-refractivity contribution in [1.29, 1.82) is 0 Å². The lowest BCUT2D eigenvalue weighted by Gasteiger charge is -2.16. The van der Waals surface area contributed by atoms with Gasteiger partial charge in [0.25, 0.3) is 0 Å². The predicted molar refractivity (Wildman–Crippen MR) is 171 cm³/mol. The maximum atomic E-state index is 13.2. The van der Waals surface area contributed by atoms with Gasteiger partial charge in [0.2, 0.25) is 0 Å². The number of hydrogen-bond acceptors (Lipinski definition) is 3. The minimum absolute atomic E-state index is 0.445. The van der Waals surface area contributed by atoms with Crippen molar-refractivity contribution in [3.63, 3.8) is 0 Å². The normalized spacial score (nSPS) is 13.7. The lowest BCUT2D eigenvalue weighted by Crippen LogP contribution is -1.92. The molecule has 0 aromatic heterocycles. The quantitative estimate of drug-likeness (QED) is 0.193. The van der Waals surface area contributed by atoms with E-state index in [9.17, 15) is 4.57 Å². The highest BCUT2D eigenvalue weighted by Crippen LogP contribution is 2.61. The van der Waals surface area contributed by atoms with Crippen LogP contribution in [0.4, 0.5) is 0 Å². The lowest BCUT2D eigenvalue weighted by molar-refractivity contribution is 0.412. The Balaban J connectivity index is 1.50. The number of hydrogen-bond donors (Lipinski definition) is 0. The molecule has 1 heterocycles. The Morgan fingerprint density at radius 3 is 1.29 bits per heavy atom. The molecule has 0 bridgehead atoms. The number of fused-ring (bicyclic) bond motifs is 7. The standard InChI is InChI=1S/C36H28ClO3P/c1-21-7-5-8-22(2)33(21)27-11-15-29-25(19-27)13-17-31-35(29)36-30-16-12-28(34-23(3)9-6-10-24(34)4)20-26(30)14-18-32(36)40-41(37,38)39-31/h5-20H,1-4H3. The van der Waals surface area contributed by atoms with Crippen molar-refractivity contribution in [2.45, 2.75) is 27.7 Å². The lowest BCUT2D eigenvalue weighted by atomic mass is 9.88. The molecule has 0 radical (unpaired) electrons. The molecule has 0 aliphatic carbocycles. The zero-order valence-corrected chi connectivity index (χ0v) is 24.9. The highest BCUT2D eigenvalue weighted by molar-refractivity contribution is 7.82.